The summed E-state index contributed by atoms with van der Waals surface area (Å²) in [5.41, 5.74) is 3.07. The van der Waals surface area contributed by atoms with Crippen LogP contribution in [0.1, 0.15) is 43.3 Å². The van der Waals surface area contributed by atoms with Crippen molar-refractivity contribution in [2.24, 2.45) is 0 Å². The topological polar surface area (TPSA) is 78.8 Å². The van der Waals surface area contributed by atoms with E-state index in [0.717, 1.165) is 29.8 Å². The minimum atomic E-state index is -0.191. The molecule has 7 heteroatoms. The summed E-state index contributed by atoms with van der Waals surface area (Å²) >= 11 is 0. The quantitative estimate of drug-likeness (QED) is 0.667. The van der Waals surface area contributed by atoms with Crippen LogP contribution in [-0.4, -0.2) is 38.0 Å². The lowest BCUT2D eigenvalue weighted by atomic mass is 10.1. The van der Waals surface area contributed by atoms with E-state index < -0.39 is 0 Å². The highest BCUT2D eigenvalue weighted by atomic mass is 16.2. The third kappa shape index (κ3) is 4.55. The van der Waals surface area contributed by atoms with Crippen molar-refractivity contribution in [2.45, 2.75) is 39.3 Å². The summed E-state index contributed by atoms with van der Waals surface area (Å²) in [4.78, 5) is 14.2. The van der Waals surface area contributed by atoms with Gasteiger partial charge in [-0.05, 0) is 25.0 Å². The molecule has 2 aromatic heterocycles. The number of nitrogens with one attached hydrogen (secondary N) is 2. The molecule has 3 aromatic rings. The zero-order valence-corrected chi connectivity index (χ0v) is 16.0. The zero-order valence-electron chi connectivity index (χ0n) is 16.0. The first-order chi connectivity index (χ1) is 13.1. The minimum Gasteiger partial charge on any atom is -0.322 e. The molecular weight excluding hydrogens is 340 g/mol. The van der Waals surface area contributed by atoms with Gasteiger partial charge in [0.25, 0.3) is 0 Å². The number of aromatic nitrogens is 4. The van der Waals surface area contributed by atoms with Crippen LogP contribution in [0.15, 0.2) is 48.7 Å². The normalized spacial score (nSPS) is 12.0. The Morgan fingerprint density at radius 3 is 2.81 bits per heavy atom. The molecule has 0 saturated heterocycles. The van der Waals surface area contributed by atoms with Crippen molar-refractivity contribution in [3.05, 3.63) is 65.6 Å². The second kappa shape index (κ2) is 8.53. The summed E-state index contributed by atoms with van der Waals surface area (Å²) in [5.74, 6) is 0.666. The number of urea groups is 1. The van der Waals surface area contributed by atoms with Crippen LogP contribution in [0.25, 0.3) is 0 Å². The van der Waals surface area contributed by atoms with Crippen LogP contribution >= 0.6 is 0 Å². The first-order valence-electron chi connectivity index (χ1n) is 9.22. The highest BCUT2D eigenvalue weighted by molar-refractivity contribution is 5.88. The molecule has 0 saturated carbocycles. The molecule has 3 rings (SSSR count). The molecule has 0 radical (unpaired) electrons. The summed E-state index contributed by atoms with van der Waals surface area (Å²) in [7, 11) is 1.76. The first-order valence-corrected chi connectivity index (χ1v) is 9.22. The van der Waals surface area contributed by atoms with Crippen molar-refractivity contribution in [1.29, 1.82) is 0 Å². The molecule has 1 atom stereocenters. The van der Waals surface area contributed by atoms with Crippen molar-refractivity contribution in [3.8, 4) is 0 Å². The molecule has 27 heavy (non-hydrogen) atoms. The first kappa shape index (κ1) is 18.7. The van der Waals surface area contributed by atoms with Crippen LogP contribution in [0.2, 0.25) is 0 Å². The second-order valence-electron chi connectivity index (χ2n) is 6.67. The van der Waals surface area contributed by atoms with Crippen molar-refractivity contribution in [3.63, 3.8) is 0 Å². The number of carbonyl (C=O) groups excluding carboxylic acids is 1. The SMILES string of the molecule is CCCc1cc(CN(C)C(=O)Nc2ccnn2C(C)c2ccccc2)[nH]n1. The number of aryl methyl sites for hydroxylation is 1. The number of benzene rings is 1. The molecule has 0 fully saturated rings. The fourth-order valence-electron chi connectivity index (χ4n) is 3.00. The van der Waals surface area contributed by atoms with E-state index in [0.29, 0.717) is 12.4 Å². The van der Waals surface area contributed by atoms with Gasteiger partial charge >= 0.3 is 6.03 Å². The molecule has 7 nitrogen and oxygen atoms in total. The van der Waals surface area contributed by atoms with E-state index in [9.17, 15) is 4.79 Å². The summed E-state index contributed by atoms with van der Waals surface area (Å²) in [6.07, 6.45) is 3.67. The monoisotopic (exact) mass is 366 g/mol. The van der Waals surface area contributed by atoms with Crippen LogP contribution in [-0.2, 0) is 13.0 Å². The molecule has 0 spiro atoms. The fraction of sp³-hybridized carbons (Fsp3) is 0.350. The van der Waals surface area contributed by atoms with Gasteiger partial charge in [0.2, 0.25) is 0 Å². The van der Waals surface area contributed by atoms with E-state index in [-0.39, 0.29) is 12.1 Å². The fourth-order valence-corrected chi connectivity index (χ4v) is 3.00. The number of hydrogen-bond acceptors (Lipinski definition) is 3. The summed E-state index contributed by atoms with van der Waals surface area (Å²) < 4.78 is 1.82. The Hall–Kier alpha value is -3.09. The van der Waals surface area contributed by atoms with E-state index in [1.807, 2.05) is 28.9 Å². The van der Waals surface area contributed by atoms with Gasteiger partial charge < -0.3 is 4.90 Å². The Balaban J connectivity index is 1.65. The van der Waals surface area contributed by atoms with Crippen molar-refractivity contribution in [1.82, 2.24) is 24.9 Å². The van der Waals surface area contributed by atoms with Crippen molar-refractivity contribution < 1.29 is 4.79 Å². The number of H-pyrrole nitrogens is 1. The summed E-state index contributed by atoms with van der Waals surface area (Å²) in [5, 5.41) is 14.6. The average Bonchev–Trinajstić information content (AvgIpc) is 3.31. The molecule has 142 valence electrons. The van der Waals surface area contributed by atoms with Crippen LogP contribution in [0, 0.1) is 0 Å². The van der Waals surface area contributed by atoms with Crippen LogP contribution in [0.5, 0.6) is 0 Å². The molecule has 2 N–H and O–H groups in total. The highest BCUT2D eigenvalue weighted by Crippen LogP contribution is 2.21. The third-order valence-electron chi connectivity index (χ3n) is 4.50. The van der Waals surface area contributed by atoms with Crippen molar-refractivity contribution in [2.75, 3.05) is 12.4 Å². The van der Waals surface area contributed by atoms with E-state index in [4.69, 9.17) is 0 Å². The van der Waals surface area contributed by atoms with E-state index >= 15 is 0 Å². The second-order valence-corrected chi connectivity index (χ2v) is 6.67. The number of hydrogen-bond donors (Lipinski definition) is 2. The van der Waals surface area contributed by atoms with E-state index in [1.54, 1.807) is 24.2 Å². The number of carbonyl (C=O) groups is 1. The lowest BCUT2D eigenvalue weighted by molar-refractivity contribution is 0.220. The average molecular weight is 366 g/mol. The lowest BCUT2D eigenvalue weighted by Gasteiger charge is -2.20. The number of amides is 2. The maximum atomic E-state index is 12.6. The summed E-state index contributed by atoms with van der Waals surface area (Å²) in [6.45, 7) is 4.64. The van der Waals surface area contributed by atoms with Crippen molar-refractivity contribution >= 4 is 11.8 Å². The van der Waals surface area contributed by atoms with Crippen LogP contribution in [0.3, 0.4) is 0 Å². The van der Waals surface area contributed by atoms with Crippen LogP contribution in [0.4, 0.5) is 10.6 Å². The lowest BCUT2D eigenvalue weighted by Crippen LogP contribution is -2.32. The Labute approximate surface area is 159 Å². The number of aromatic amines is 1. The molecule has 0 bridgehead atoms. The number of rotatable bonds is 7. The van der Waals surface area contributed by atoms with E-state index in [2.05, 4.69) is 46.6 Å². The predicted octanol–water partition coefficient (Wildman–Crippen LogP) is 3.83. The highest BCUT2D eigenvalue weighted by Gasteiger charge is 2.16. The van der Waals surface area contributed by atoms with Crippen LogP contribution < -0.4 is 5.32 Å². The van der Waals surface area contributed by atoms with Gasteiger partial charge in [-0.25, -0.2) is 9.48 Å². The maximum Gasteiger partial charge on any atom is 0.323 e. The molecule has 1 unspecified atom stereocenters. The van der Waals surface area contributed by atoms with Gasteiger partial charge in [-0.15, -0.1) is 0 Å². The Morgan fingerprint density at radius 2 is 2.07 bits per heavy atom. The number of anilines is 1. The largest absolute Gasteiger partial charge is 0.323 e. The van der Waals surface area contributed by atoms with Gasteiger partial charge in [0.1, 0.15) is 5.82 Å². The molecule has 0 aliphatic rings. The van der Waals surface area contributed by atoms with Gasteiger partial charge in [0.15, 0.2) is 0 Å². The van der Waals surface area contributed by atoms with Gasteiger partial charge in [0.05, 0.1) is 30.2 Å². The van der Waals surface area contributed by atoms with Gasteiger partial charge in [-0.1, -0.05) is 43.7 Å². The molecule has 2 heterocycles. The molecule has 1 aromatic carbocycles. The molecular formula is C20H26N6O. The Bertz CT molecular complexity index is 869. The Kier molecular flexibility index (Phi) is 5.90. The third-order valence-corrected chi connectivity index (χ3v) is 4.50. The Morgan fingerprint density at radius 1 is 1.30 bits per heavy atom. The number of nitrogens with zero attached hydrogens (tertiary/aromatic N) is 4. The smallest absolute Gasteiger partial charge is 0.322 e. The minimum absolute atomic E-state index is 0.0195. The molecule has 2 amide bonds. The summed E-state index contributed by atoms with van der Waals surface area (Å²) in [6, 6.07) is 13.7. The standard InChI is InChI=1S/C20H26N6O/c1-4-8-17-13-18(24-23-17)14-25(3)20(27)22-19-11-12-21-26(19)15(2)16-9-6-5-7-10-16/h5-7,9-13,15H,4,8,14H2,1-3H3,(H,22,27)(H,23,24). The molecule has 0 aliphatic carbocycles. The van der Waals surface area contributed by atoms with Gasteiger partial charge in [-0.3, -0.25) is 10.4 Å². The van der Waals surface area contributed by atoms with Gasteiger partial charge in [0, 0.05) is 13.1 Å². The zero-order chi connectivity index (χ0) is 19.2. The molecule has 0 aliphatic heterocycles. The van der Waals surface area contributed by atoms with E-state index in [1.165, 1.54) is 0 Å². The predicted molar refractivity (Wildman–Crippen MR) is 106 cm³/mol. The van der Waals surface area contributed by atoms with Gasteiger partial charge in [-0.2, -0.15) is 10.2 Å². The maximum absolute atomic E-state index is 12.6.